The summed E-state index contributed by atoms with van der Waals surface area (Å²) < 4.78 is 0. The molecule has 0 spiro atoms. The van der Waals surface area contributed by atoms with Crippen LogP contribution < -0.4 is 5.32 Å². The number of rotatable bonds is 2. The number of anilines is 1. The highest BCUT2D eigenvalue weighted by molar-refractivity contribution is 5.90. The molecule has 2 rings (SSSR count). The minimum Gasteiger partial charge on any atom is -0.393 e. The molecule has 20 heavy (non-hydrogen) atoms. The van der Waals surface area contributed by atoms with Gasteiger partial charge in [0.25, 0.3) is 0 Å². The van der Waals surface area contributed by atoms with E-state index in [1.807, 2.05) is 26.0 Å². The van der Waals surface area contributed by atoms with Crippen molar-refractivity contribution in [1.82, 2.24) is 4.90 Å². The molecule has 0 saturated carbocycles. The number of carbonyl (C=O) groups excluding carboxylic acids is 1. The number of nitrogens with one attached hydrogen (secondary N) is 1. The third kappa shape index (κ3) is 3.51. The Kier molecular flexibility index (Phi) is 4.65. The summed E-state index contributed by atoms with van der Waals surface area (Å²) in [6.45, 7) is 7.23. The van der Waals surface area contributed by atoms with Crippen LogP contribution in [0.25, 0.3) is 0 Å². The zero-order valence-electron chi connectivity index (χ0n) is 12.5. The lowest BCUT2D eigenvalue weighted by atomic mass is 9.94. The molecule has 4 nitrogen and oxygen atoms in total. The van der Waals surface area contributed by atoms with E-state index in [1.54, 1.807) is 11.8 Å². The standard InChI is InChI=1S/C16H24N2O2/c1-11-6-7-15(12(2)9-11)17-16(20)18-8-4-5-14(10-18)13(3)19/h6-7,9,13-14,19H,4-5,8,10H2,1-3H3,(H,17,20). The van der Waals surface area contributed by atoms with Gasteiger partial charge in [-0.3, -0.25) is 0 Å². The average molecular weight is 276 g/mol. The molecular formula is C16H24N2O2. The lowest BCUT2D eigenvalue weighted by Gasteiger charge is -2.34. The van der Waals surface area contributed by atoms with Gasteiger partial charge in [0.15, 0.2) is 0 Å². The van der Waals surface area contributed by atoms with Gasteiger partial charge >= 0.3 is 6.03 Å². The number of aliphatic hydroxyl groups is 1. The van der Waals surface area contributed by atoms with Crippen LogP contribution in [0.1, 0.15) is 30.9 Å². The number of likely N-dealkylation sites (tertiary alicyclic amines) is 1. The molecule has 1 heterocycles. The highest BCUT2D eigenvalue weighted by Gasteiger charge is 2.26. The van der Waals surface area contributed by atoms with Gasteiger partial charge in [-0.1, -0.05) is 17.7 Å². The normalized spacial score (nSPS) is 20.6. The van der Waals surface area contributed by atoms with Crippen molar-refractivity contribution in [2.24, 2.45) is 5.92 Å². The van der Waals surface area contributed by atoms with Crippen LogP contribution in [-0.2, 0) is 0 Å². The van der Waals surface area contributed by atoms with Crippen LogP contribution in [0.3, 0.4) is 0 Å². The first-order valence-corrected chi connectivity index (χ1v) is 7.28. The summed E-state index contributed by atoms with van der Waals surface area (Å²) in [7, 11) is 0. The maximum atomic E-state index is 12.3. The van der Waals surface area contributed by atoms with Crippen molar-refractivity contribution >= 4 is 11.7 Å². The van der Waals surface area contributed by atoms with E-state index >= 15 is 0 Å². The molecule has 2 N–H and O–H groups in total. The molecule has 1 aromatic carbocycles. The molecule has 0 aromatic heterocycles. The van der Waals surface area contributed by atoms with Crippen LogP contribution in [0, 0.1) is 19.8 Å². The molecule has 110 valence electrons. The minimum atomic E-state index is -0.355. The Hall–Kier alpha value is -1.55. The number of hydrogen-bond donors (Lipinski definition) is 2. The zero-order chi connectivity index (χ0) is 14.7. The molecule has 1 fully saturated rings. The van der Waals surface area contributed by atoms with Gasteiger partial charge in [-0.2, -0.15) is 0 Å². The maximum absolute atomic E-state index is 12.3. The van der Waals surface area contributed by atoms with Gasteiger partial charge in [-0.25, -0.2) is 4.79 Å². The van der Waals surface area contributed by atoms with Crippen molar-refractivity contribution in [2.45, 2.75) is 39.7 Å². The minimum absolute atomic E-state index is 0.0673. The second-order valence-corrected chi connectivity index (χ2v) is 5.84. The largest absolute Gasteiger partial charge is 0.393 e. The molecule has 0 aliphatic carbocycles. The molecule has 0 bridgehead atoms. The number of amides is 2. The zero-order valence-corrected chi connectivity index (χ0v) is 12.5. The van der Waals surface area contributed by atoms with Gasteiger partial charge in [0, 0.05) is 24.7 Å². The van der Waals surface area contributed by atoms with E-state index in [0.717, 1.165) is 30.6 Å². The summed E-state index contributed by atoms with van der Waals surface area (Å²) >= 11 is 0. The molecule has 2 atom stereocenters. The average Bonchev–Trinajstić information content (AvgIpc) is 2.42. The highest BCUT2D eigenvalue weighted by Crippen LogP contribution is 2.21. The van der Waals surface area contributed by atoms with Gasteiger partial charge in [-0.05, 0) is 45.2 Å². The predicted octanol–water partition coefficient (Wildman–Crippen LogP) is 2.93. The van der Waals surface area contributed by atoms with Crippen LogP contribution >= 0.6 is 0 Å². The Morgan fingerprint density at radius 1 is 1.45 bits per heavy atom. The first kappa shape index (κ1) is 14.9. The topological polar surface area (TPSA) is 52.6 Å². The number of nitrogens with zero attached hydrogens (tertiary/aromatic N) is 1. The number of aryl methyl sites for hydroxylation is 2. The number of carbonyl (C=O) groups is 1. The molecule has 1 aliphatic rings. The fourth-order valence-corrected chi connectivity index (χ4v) is 2.74. The van der Waals surface area contributed by atoms with Gasteiger partial charge in [0.1, 0.15) is 0 Å². The van der Waals surface area contributed by atoms with E-state index < -0.39 is 0 Å². The number of urea groups is 1. The van der Waals surface area contributed by atoms with Crippen LogP contribution in [0.15, 0.2) is 18.2 Å². The number of aliphatic hydroxyl groups excluding tert-OH is 1. The molecule has 0 radical (unpaired) electrons. The number of piperidine rings is 1. The molecule has 1 aliphatic heterocycles. The summed E-state index contributed by atoms with van der Waals surface area (Å²) in [5, 5.41) is 12.7. The monoisotopic (exact) mass is 276 g/mol. The Bertz CT molecular complexity index is 485. The van der Waals surface area contributed by atoms with E-state index in [0.29, 0.717) is 6.54 Å². The fraction of sp³-hybridized carbons (Fsp3) is 0.562. The summed E-state index contributed by atoms with van der Waals surface area (Å²) in [6.07, 6.45) is 1.59. The first-order chi connectivity index (χ1) is 9.47. The van der Waals surface area contributed by atoms with Gasteiger partial charge in [0.2, 0.25) is 0 Å². The van der Waals surface area contributed by atoms with E-state index in [2.05, 4.69) is 11.4 Å². The number of hydrogen-bond acceptors (Lipinski definition) is 2. The first-order valence-electron chi connectivity index (χ1n) is 7.28. The van der Waals surface area contributed by atoms with Crippen LogP contribution in [0.4, 0.5) is 10.5 Å². The lowest BCUT2D eigenvalue weighted by Crippen LogP contribution is -2.44. The second-order valence-electron chi connectivity index (χ2n) is 5.84. The second kappa shape index (κ2) is 6.27. The maximum Gasteiger partial charge on any atom is 0.321 e. The Morgan fingerprint density at radius 2 is 2.20 bits per heavy atom. The van der Waals surface area contributed by atoms with Crippen molar-refractivity contribution in [1.29, 1.82) is 0 Å². The third-order valence-electron chi connectivity index (χ3n) is 4.05. The smallest absolute Gasteiger partial charge is 0.321 e. The van der Waals surface area contributed by atoms with Crippen molar-refractivity contribution in [3.8, 4) is 0 Å². The summed E-state index contributed by atoms with van der Waals surface area (Å²) in [5.74, 6) is 0.189. The van der Waals surface area contributed by atoms with E-state index in [9.17, 15) is 9.90 Å². The van der Waals surface area contributed by atoms with Crippen LogP contribution in [0.2, 0.25) is 0 Å². The summed E-state index contributed by atoms with van der Waals surface area (Å²) in [4.78, 5) is 14.1. The van der Waals surface area contributed by atoms with Gasteiger partial charge in [-0.15, -0.1) is 0 Å². The summed E-state index contributed by atoms with van der Waals surface area (Å²) in [6, 6.07) is 5.93. The van der Waals surface area contributed by atoms with E-state index in [-0.39, 0.29) is 18.1 Å². The fourth-order valence-electron chi connectivity index (χ4n) is 2.74. The molecule has 2 unspecified atom stereocenters. The van der Waals surface area contributed by atoms with Crippen LogP contribution in [-0.4, -0.2) is 35.2 Å². The Morgan fingerprint density at radius 3 is 2.85 bits per heavy atom. The van der Waals surface area contributed by atoms with Gasteiger partial charge in [0.05, 0.1) is 6.10 Å². The Labute approximate surface area is 120 Å². The summed E-state index contributed by atoms with van der Waals surface area (Å²) in [5.41, 5.74) is 3.12. The van der Waals surface area contributed by atoms with Crippen molar-refractivity contribution in [3.05, 3.63) is 29.3 Å². The molecular weight excluding hydrogens is 252 g/mol. The molecule has 1 aromatic rings. The van der Waals surface area contributed by atoms with Crippen LogP contribution in [0.5, 0.6) is 0 Å². The highest BCUT2D eigenvalue weighted by atomic mass is 16.3. The molecule has 1 saturated heterocycles. The van der Waals surface area contributed by atoms with Gasteiger partial charge < -0.3 is 15.3 Å². The Balaban J connectivity index is 2.00. The predicted molar refractivity (Wildman–Crippen MR) is 80.9 cm³/mol. The van der Waals surface area contributed by atoms with Crippen molar-refractivity contribution in [2.75, 3.05) is 18.4 Å². The van der Waals surface area contributed by atoms with Crippen molar-refractivity contribution in [3.63, 3.8) is 0 Å². The molecule has 2 amide bonds. The quantitative estimate of drug-likeness (QED) is 0.872. The molecule has 4 heteroatoms. The van der Waals surface area contributed by atoms with E-state index in [4.69, 9.17) is 0 Å². The number of benzene rings is 1. The van der Waals surface area contributed by atoms with Crippen molar-refractivity contribution < 1.29 is 9.90 Å². The lowest BCUT2D eigenvalue weighted by molar-refractivity contribution is 0.0766. The SMILES string of the molecule is Cc1ccc(NC(=O)N2CCCC(C(C)O)C2)c(C)c1. The third-order valence-corrected chi connectivity index (χ3v) is 4.05. The van der Waals surface area contributed by atoms with E-state index in [1.165, 1.54) is 5.56 Å².